The van der Waals surface area contributed by atoms with E-state index in [2.05, 4.69) is 21.8 Å². The van der Waals surface area contributed by atoms with E-state index in [0.29, 0.717) is 39.9 Å². The van der Waals surface area contributed by atoms with E-state index in [0.717, 1.165) is 37.4 Å². The second kappa shape index (κ2) is 13.7. The van der Waals surface area contributed by atoms with Crippen LogP contribution in [0.2, 0.25) is 0 Å². The number of nitrogens with one attached hydrogen (secondary N) is 1. The molecule has 0 unspecified atom stereocenters. The number of likely N-dealkylation sites (N-methyl/N-ethyl adjacent to an activating group) is 2. The molecule has 3 saturated heterocycles. The highest BCUT2D eigenvalue weighted by Gasteiger charge is 2.57. The SMILES string of the molecule is CN1CCN(CC(=O)N(C)c2ccc(N=C(c3ccccc3)c3c(O)[nH]c4cc(B5OC[C@]6(OC[C@@H](O)[C@@H](O)[C@@H]6O)O5)ccc34)cc2)CC1. The zero-order valence-corrected chi connectivity index (χ0v) is 27.4. The molecule has 3 aliphatic rings. The Labute approximate surface area is 284 Å². The fourth-order valence-electron chi connectivity index (χ4n) is 6.49. The van der Waals surface area contributed by atoms with Crippen LogP contribution in [0.1, 0.15) is 11.1 Å². The van der Waals surface area contributed by atoms with Crippen LogP contribution in [0, 0.1) is 0 Å². The van der Waals surface area contributed by atoms with Gasteiger partial charge >= 0.3 is 7.12 Å². The molecule has 3 fully saturated rings. The van der Waals surface area contributed by atoms with Crippen molar-refractivity contribution in [3.05, 3.63) is 83.9 Å². The number of carbonyl (C=O) groups excluding carboxylic acids is 1. The number of aliphatic hydroxyl groups excluding tert-OH is 3. The Morgan fingerprint density at radius 2 is 1.78 bits per heavy atom. The van der Waals surface area contributed by atoms with Crippen molar-refractivity contribution in [1.29, 1.82) is 0 Å². The Hall–Kier alpha value is -4.12. The number of aliphatic imine (C=N–C) groups is 1. The number of anilines is 1. The molecule has 4 aromatic rings. The van der Waals surface area contributed by atoms with Gasteiger partial charge in [-0.1, -0.05) is 42.5 Å². The number of rotatable bonds is 7. The summed E-state index contributed by atoms with van der Waals surface area (Å²) in [7, 11) is 2.94. The van der Waals surface area contributed by atoms with Gasteiger partial charge in [0.1, 0.15) is 18.3 Å². The summed E-state index contributed by atoms with van der Waals surface area (Å²) in [5.41, 5.74) is 4.43. The third kappa shape index (κ3) is 6.61. The minimum Gasteiger partial charge on any atom is -0.494 e. The first-order valence-corrected chi connectivity index (χ1v) is 16.4. The normalized spacial score (nSPS) is 25.4. The molecule has 4 atom stereocenters. The Kier molecular flexibility index (Phi) is 9.30. The average Bonchev–Trinajstić information content (AvgIpc) is 3.70. The molecule has 0 radical (unpaired) electrons. The van der Waals surface area contributed by atoms with Gasteiger partial charge < -0.3 is 49.3 Å². The van der Waals surface area contributed by atoms with Gasteiger partial charge in [-0.05, 0) is 42.8 Å². The van der Waals surface area contributed by atoms with Crippen molar-refractivity contribution < 1.29 is 39.3 Å². The van der Waals surface area contributed by atoms with Crippen molar-refractivity contribution in [2.45, 2.75) is 24.1 Å². The minimum atomic E-state index is -1.61. The van der Waals surface area contributed by atoms with Crippen molar-refractivity contribution in [2.24, 2.45) is 4.99 Å². The fourth-order valence-corrected chi connectivity index (χ4v) is 6.49. The molecule has 14 heteroatoms. The molecule has 4 heterocycles. The lowest BCUT2D eigenvalue weighted by molar-refractivity contribution is -0.302. The third-order valence-corrected chi connectivity index (χ3v) is 9.57. The summed E-state index contributed by atoms with van der Waals surface area (Å²) in [5.74, 6) is -1.67. The Morgan fingerprint density at radius 3 is 2.51 bits per heavy atom. The predicted molar refractivity (Wildman–Crippen MR) is 185 cm³/mol. The number of carbonyl (C=O) groups is 1. The van der Waals surface area contributed by atoms with Gasteiger partial charge in [-0.15, -0.1) is 0 Å². The summed E-state index contributed by atoms with van der Waals surface area (Å²) >= 11 is 0. The van der Waals surface area contributed by atoms with Crippen LogP contribution >= 0.6 is 0 Å². The van der Waals surface area contributed by atoms with Crippen molar-refractivity contribution >= 4 is 46.5 Å². The van der Waals surface area contributed by atoms with Gasteiger partial charge in [-0.2, -0.15) is 0 Å². The van der Waals surface area contributed by atoms with Crippen LogP contribution in [0.15, 0.2) is 77.8 Å². The monoisotopic (exact) mass is 669 g/mol. The summed E-state index contributed by atoms with van der Waals surface area (Å²) in [5, 5.41) is 42.6. The highest BCUT2D eigenvalue weighted by Crippen LogP contribution is 2.35. The zero-order chi connectivity index (χ0) is 34.3. The number of benzene rings is 3. The van der Waals surface area contributed by atoms with Crippen LogP contribution in [-0.4, -0.2) is 138 Å². The van der Waals surface area contributed by atoms with Crippen LogP contribution in [-0.2, 0) is 18.8 Å². The summed E-state index contributed by atoms with van der Waals surface area (Å²) < 4.78 is 17.4. The molecule has 7 rings (SSSR count). The molecule has 0 saturated carbocycles. The Bertz CT molecular complexity index is 1830. The lowest BCUT2D eigenvalue weighted by Gasteiger charge is -2.41. The molecule has 1 amide bonds. The number of piperazine rings is 1. The number of aromatic amines is 1. The molecule has 256 valence electrons. The summed E-state index contributed by atoms with van der Waals surface area (Å²) in [6.07, 6.45) is -4.18. The van der Waals surface area contributed by atoms with Gasteiger partial charge in [0.25, 0.3) is 0 Å². The number of ether oxygens (including phenoxy) is 1. The maximum absolute atomic E-state index is 13.0. The van der Waals surface area contributed by atoms with Crippen molar-refractivity contribution in [2.75, 3.05) is 64.9 Å². The van der Waals surface area contributed by atoms with Crippen molar-refractivity contribution in [1.82, 2.24) is 14.8 Å². The van der Waals surface area contributed by atoms with Crippen LogP contribution in [0.5, 0.6) is 5.88 Å². The highest BCUT2D eigenvalue weighted by molar-refractivity contribution is 6.62. The van der Waals surface area contributed by atoms with Gasteiger partial charge in [0.2, 0.25) is 11.7 Å². The first-order chi connectivity index (χ1) is 23.6. The minimum absolute atomic E-state index is 0.0243. The smallest absolute Gasteiger partial charge is 0.494 e. The molecule has 1 aromatic heterocycles. The molecule has 13 nitrogen and oxygen atoms in total. The van der Waals surface area contributed by atoms with Crippen LogP contribution < -0.4 is 10.4 Å². The maximum Gasteiger partial charge on any atom is 0.496 e. The number of hydrogen-bond donors (Lipinski definition) is 5. The van der Waals surface area contributed by atoms with Gasteiger partial charge in [0.15, 0.2) is 5.88 Å². The lowest BCUT2D eigenvalue weighted by Crippen LogP contribution is -2.62. The molecular formula is C35H40BN5O8. The molecule has 49 heavy (non-hydrogen) atoms. The molecule has 1 spiro atoms. The predicted octanol–water partition coefficient (Wildman–Crippen LogP) is 0.804. The van der Waals surface area contributed by atoms with Crippen molar-refractivity contribution in [3.63, 3.8) is 0 Å². The summed E-state index contributed by atoms with van der Waals surface area (Å²) in [4.78, 5) is 27.2. The Balaban J connectivity index is 1.14. The number of hydrogen-bond acceptors (Lipinski definition) is 11. The van der Waals surface area contributed by atoms with Crippen LogP contribution in [0.25, 0.3) is 10.9 Å². The zero-order valence-electron chi connectivity index (χ0n) is 27.4. The van der Waals surface area contributed by atoms with Gasteiger partial charge in [0, 0.05) is 55.4 Å². The number of aromatic nitrogens is 1. The largest absolute Gasteiger partial charge is 0.496 e. The van der Waals surface area contributed by atoms with E-state index < -0.39 is 31.2 Å². The van der Waals surface area contributed by atoms with E-state index in [1.165, 1.54) is 0 Å². The van der Waals surface area contributed by atoms with E-state index in [-0.39, 0.29) is 25.0 Å². The number of nitrogens with zero attached hydrogens (tertiary/aromatic N) is 4. The van der Waals surface area contributed by atoms with E-state index in [9.17, 15) is 25.2 Å². The molecule has 0 aliphatic carbocycles. The van der Waals surface area contributed by atoms with Crippen LogP contribution in [0.3, 0.4) is 0 Å². The number of fused-ring (bicyclic) bond motifs is 1. The second-order valence-corrected chi connectivity index (χ2v) is 12.9. The first kappa shape index (κ1) is 33.4. The molecule has 3 aliphatic heterocycles. The highest BCUT2D eigenvalue weighted by atomic mass is 16.8. The van der Waals surface area contributed by atoms with E-state index in [4.69, 9.17) is 19.0 Å². The maximum atomic E-state index is 13.0. The topological polar surface area (TPSA) is 164 Å². The van der Waals surface area contributed by atoms with E-state index in [1.54, 1.807) is 24.1 Å². The Morgan fingerprint density at radius 1 is 1.04 bits per heavy atom. The third-order valence-electron chi connectivity index (χ3n) is 9.57. The molecular weight excluding hydrogens is 629 g/mol. The van der Waals surface area contributed by atoms with Gasteiger partial charge in [-0.3, -0.25) is 9.69 Å². The van der Waals surface area contributed by atoms with Crippen molar-refractivity contribution in [3.8, 4) is 5.88 Å². The first-order valence-electron chi connectivity index (χ1n) is 16.4. The standard InChI is InChI=1S/C35H40BN5O8/c1-39-14-16-41(17-15-39)19-29(43)40(2)25-11-9-24(10-12-25)37-31(22-6-4-3-5-7-22)30-26-13-8-23(18-27(26)38-34(30)46)36-48-21-35(49-36)33(45)32(44)28(42)20-47-35/h3-13,18,28,32-33,38,42,44-46H,14-17,19-21H2,1-2H3/t28-,32-,33+,35+/m1/s1. The quantitative estimate of drug-likeness (QED) is 0.141. The second-order valence-electron chi connectivity index (χ2n) is 12.9. The lowest BCUT2D eigenvalue weighted by atomic mass is 9.78. The molecule has 0 bridgehead atoms. The summed E-state index contributed by atoms with van der Waals surface area (Å²) in [6, 6.07) is 22.4. The number of amides is 1. The number of aromatic hydroxyl groups is 1. The van der Waals surface area contributed by atoms with Gasteiger partial charge in [-0.25, -0.2) is 4.99 Å². The molecule has 3 aromatic carbocycles. The fraction of sp³-hybridized carbons (Fsp3) is 0.371. The summed E-state index contributed by atoms with van der Waals surface area (Å²) in [6.45, 7) is 3.64. The average molecular weight is 670 g/mol. The number of aliphatic hydroxyl groups is 3. The van der Waals surface area contributed by atoms with E-state index >= 15 is 0 Å². The van der Waals surface area contributed by atoms with Gasteiger partial charge in [0.05, 0.1) is 36.7 Å². The molecule has 5 N–H and O–H groups in total. The van der Waals surface area contributed by atoms with Crippen LogP contribution in [0.4, 0.5) is 11.4 Å². The van der Waals surface area contributed by atoms with E-state index in [1.807, 2.05) is 60.7 Å². The number of H-pyrrole nitrogens is 1.